The maximum absolute atomic E-state index is 10.8. The maximum Gasteiger partial charge on any atom is 0.306 e. The van der Waals surface area contributed by atoms with E-state index in [1.165, 1.54) is 25.8 Å². The van der Waals surface area contributed by atoms with Crippen molar-refractivity contribution in [2.24, 2.45) is 11.8 Å². The average Bonchev–Trinajstić information content (AvgIpc) is 2.15. The summed E-state index contributed by atoms with van der Waals surface area (Å²) < 4.78 is 0. The number of carboxylic acid groups (broad SMARTS) is 1. The zero-order valence-corrected chi connectivity index (χ0v) is 10.2. The molecule has 0 aromatic carbocycles. The summed E-state index contributed by atoms with van der Waals surface area (Å²) in [5.41, 5.74) is 0. The first kappa shape index (κ1) is 11.9. The van der Waals surface area contributed by atoms with Crippen molar-refractivity contribution in [1.29, 1.82) is 0 Å². The van der Waals surface area contributed by atoms with Crippen LogP contribution in [0.1, 0.15) is 44.9 Å². The fourth-order valence-corrected chi connectivity index (χ4v) is 2.98. The summed E-state index contributed by atoms with van der Waals surface area (Å²) in [7, 11) is 2.23. The molecule has 0 aliphatic heterocycles. The predicted molar refractivity (Wildman–Crippen MR) is 63.4 cm³/mol. The molecule has 0 spiro atoms. The standard InChI is InChI=1S/C13H23NO2/c1-14(12-3-2-4-12)9-10-5-7-11(8-6-10)13(15)16/h10-12H,2-9H2,1H3,(H,15,16). The molecule has 0 aromatic rings. The van der Waals surface area contributed by atoms with Crippen LogP contribution in [0.4, 0.5) is 0 Å². The molecule has 2 saturated carbocycles. The van der Waals surface area contributed by atoms with Gasteiger partial charge in [0.2, 0.25) is 0 Å². The molecule has 92 valence electrons. The Morgan fingerprint density at radius 1 is 1.19 bits per heavy atom. The van der Waals surface area contributed by atoms with Gasteiger partial charge in [0.05, 0.1) is 5.92 Å². The van der Waals surface area contributed by atoms with Crippen molar-refractivity contribution in [3.05, 3.63) is 0 Å². The van der Waals surface area contributed by atoms with Gasteiger partial charge in [0.15, 0.2) is 0 Å². The van der Waals surface area contributed by atoms with Crippen LogP contribution in [-0.2, 0) is 4.79 Å². The number of nitrogens with zero attached hydrogens (tertiary/aromatic N) is 1. The van der Waals surface area contributed by atoms with E-state index in [2.05, 4.69) is 11.9 Å². The summed E-state index contributed by atoms with van der Waals surface area (Å²) in [6.45, 7) is 1.18. The van der Waals surface area contributed by atoms with E-state index < -0.39 is 5.97 Å². The first-order valence-corrected chi connectivity index (χ1v) is 6.60. The van der Waals surface area contributed by atoms with Gasteiger partial charge in [-0.3, -0.25) is 4.79 Å². The zero-order chi connectivity index (χ0) is 11.5. The molecule has 0 aromatic heterocycles. The van der Waals surface area contributed by atoms with Gasteiger partial charge < -0.3 is 10.0 Å². The van der Waals surface area contributed by atoms with E-state index in [1.54, 1.807) is 0 Å². The van der Waals surface area contributed by atoms with Crippen LogP contribution < -0.4 is 0 Å². The van der Waals surface area contributed by atoms with Crippen LogP contribution in [0.5, 0.6) is 0 Å². The molecule has 0 bridgehead atoms. The Morgan fingerprint density at radius 2 is 1.81 bits per heavy atom. The van der Waals surface area contributed by atoms with Crippen LogP contribution in [0.2, 0.25) is 0 Å². The van der Waals surface area contributed by atoms with E-state index in [0.29, 0.717) is 0 Å². The van der Waals surface area contributed by atoms with Gasteiger partial charge in [-0.05, 0) is 51.5 Å². The molecule has 2 aliphatic carbocycles. The number of carboxylic acids is 1. The lowest BCUT2D eigenvalue weighted by molar-refractivity contribution is -0.143. The van der Waals surface area contributed by atoms with Crippen LogP contribution in [-0.4, -0.2) is 35.6 Å². The Labute approximate surface area is 97.8 Å². The third-order valence-corrected chi connectivity index (χ3v) is 4.44. The summed E-state index contributed by atoms with van der Waals surface area (Å²) in [6, 6.07) is 0.817. The van der Waals surface area contributed by atoms with Crippen LogP contribution in [0.25, 0.3) is 0 Å². The fourth-order valence-electron chi connectivity index (χ4n) is 2.98. The van der Waals surface area contributed by atoms with Gasteiger partial charge >= 0.3 is 5.97 Å². The van der Waals surface area contributed by atoms with Gasteiger partial charge in [0.1, 0.15) is 0 Å². The van der Waals surface area contributed by atoms with E-state index in [-0.39, 0.29) is 5.92 Å². The molecule has 3 nitrogen and oxygen atoms in total. The van der Waals surface area contributed by atoms with Crippen LogP contribution in [0.15, 0.2) is 0 Å². The van der Waals surface area contributed by atoms with E-state index >= 15 is 0 Å². The topological polar surface area (TPSA) is 40.5 Å². The highest BCUT2D eigenvalue weighted by Gasteiger charge is 2.29. The largest absolute Gasteiger partial charge is 0.481 e. The molecular weight excluding hydrogens is 202 g/mol. The normalized spacial score (nSPS) is 31.4. The van der Waals surface area contributed by atoms with Crippen LogP contribution in [0.3, 0.4) is 0 Å². The second-order valence-corrected chi connectivity index (χ2v) is 5.58. The van der Waals surface area contributed by atoms with E-state index in [0.717, 1.165) is 37.6 Å². The third-order valence-electron chi connectivity index (χ3n) is 4.44. The first-order chi connectivity index (χ1) is 7.66. The highest BCUT2D eigenvalue weighted by atomic mass is 16.4. The molecule has 2 fully saturated rings. The van der Waals surface area contributed by atoms with Crippen molar-refractivity contribution < 1.29 is 9.90 Å². The Hall–Kier alpha value is -0.570. The lowest BCUT2D eigenvalue weighted by atomic mass is 9.81. The highest BCUT2D eigenvalue weighted by molar-refractivity contribution is 5.69. The third kappa shape index (κ3) is 2.76. The minimum atomic E-state index is -0.592. The fraction of sp³-hybridized carbons (Fsp3) is 0.923. The van der Waals surface area contributed by atoms with Gasteiger partial charge in [-0.25, -0.2) is 0 Å². The van der Waals surface area contributed by atoms with E-state index in [4.69, 9.17) is 5.11 Å². The van der Waals surface area contributed by atoms with Gasteiger partial charge in [-0.2, -0.15) is 0 Å². The highest BCUT2D eigenvalue weighted by Crippen LogP contribution is 2.31. The van der Waals surface area contributed by atoms with Gasteiger partial charge in [-0.15, -0.1) is 0 Å². The Kier molecular flexibility index (Phi) is 3.85. The minimum absolute atomic E-state index is 0.0646. The summed E-state index contributed by atoms with van der Waals surface area (Å²) >= 11 is 0. The zero-order valence-electron chi connectivity index (χ0n) is 10.2. The minimum Gasteiger partial charge on any atom is -0.481 e. The van der Waals surface area contributed by atoms with Gasteiger partial charge in [-0.1, -0.05) is 6.42 Å². The lowest BCUT2D eigenvalue weighted by Gasteiger charge is -2.38. The van der Waals surface area contributed by atoms with Crippen molar-refractivity contribution in [3.63, 3.8) is 0 Å². The van der Waals surface area contributed by atoms with Crippen LogP contribution in [0, 0.1) is 11.8 Å². The Morgan fingerprint density at radius 3 is 2.25 bits per heavy atom. The molecule has 3 heteroatoms. The SMILES string of the molecule is CN(CC1CCC(C(=O)O)CC1)C1CCC1. The summed E-state index contributed by atoms with van der Waals surface area (Å²) in [5.74, 6) is 0.0808. The molecular formula is C13H23NO2. The van der Waals surface area contributed by atoms with Gasteiger partial charge in [0, 0.05) is 12.6 Å². The molecule has 16 heavy (non-hydrogen) atoms. The molecule has 0 heterocycles. The second kappa shape index (κ2) is 5.17. The second-order valence-electron chi connectivity index (χ2n) is 5.58. The average molecular weight is 225 g/mol. The van der Waals surface area contributed by atoms with E-state index in [1.807, 2.05) is 0 Å². The van der Waals surface area contributed by atoms with Crippen molar-refractivity contribution in [1.82, 2.24) is 4.90 Å². The number of hydrogen-bond acceptors (Lipinski definition) is 2. The predicted octanol–water partition coefficient (Wildman–Crippen LogP) is 2.36. The molecule has 2 aliphatic rings. The summed E-state index contributed by atoms with van der Waals surface area (Å²) in [5, 5.41) is 8.93. The Bertz CT molecular complexity index is 242. The maximum atomic E-state index is 10.8. The quantitative estimate of drug-likeness (QED) is 0.798. The Balaban J connectivity index is 1.70. The molecule has 0 radical (unpaired) electrons. The van der Waals surface area contributed by atoms with Crippen molar-refractivity contribution in [2.45, 2.75) is 51.0 Å². The molecule has 1 N–H and O–H groups in total. The molecule has 0 saturated heterocycles. The number of hydrogen-bond donors (Lipinski definition) is 1. The van der Waals surface area contributed by atoms with Crippen molar-refractivity contribution in [3.8, 4) is 0 Å². The van der Waals surface area contributed by atoms with Crippen LogP contribution >= 0.6 is 0 Å². The number of carbonyl (C=O) groups is 1. The lowest BCUT2D eigenvalue weighted by Crippen LogP contribution is -2.40. The monoisotopic (exact) mass is 225 g/mol. The molecule has 2 rings (SSSR count). The molecule has 0 amide bonds. The molecule has 0 atom stereocenters. The first-order valence-electron chi connectivity index (χ1n) is 6.60. The summed E-state index contributed by atoms with van der Waals surface area (Å²) in [6.07, 6.45) is 8.10. The smallest absolute Gasteiger partial charge is 0.306 e. The molecule has 0 unspecified atom stereocenters. The summed E-state index contributed by atoms with van der Waals surface area (Å²) in [4.78, 5) is 13.3. The van der Waals surface area contributed by atoms with Gasteiger partial charge in [0.25, 0.3) is 0 Å². The number of aliphatic carboxylic acids is 1. The number of rotatable bonds is 4. The van der Waals surface area contributed by atoms with E-state index in [9.17, 15) is 4.79 Å². The van der Waals surface area contributed by atoms with Crippen molar-refractivity contribution >= 4 is 5.97 Å². The van der Waals surface area contributed by atoms with Crippen molar-refractivity contribution in [2.75, 3.05) is 13.6 Å².